The molecule has 0 radical (unpaired) electrons. The highest BCUT2D eigenvalue weighted by molar-refractivity contribution is 7.10. The van der Waals surface area contributed by atoms with E-state index in [2.05, 4.69) is 17.2 Å². The van der Waals surface area contributed by atoms with Crippen molar-refractivity contribution in [3.8, 4) is 0 Å². The molecule has 2 rings (SSSR count). The number of rotatable bonds is 5. The van der Waals surface area contributed by atoms with Crippen molar-refractivity contribution in [1.29, 1.82) is 0 Å². The number of pyridine rings is 1. The summed E-state index contributed by atoms with van der Waals surface area (Å²) in [5, 5.41) is 5.33. The standard InChI is InChI=1S/C13H15FN2S/c1-2-7-15-13(11-6-4-9-17-11)12-10(14)5-3-8-16-12/h3-6,8-9,13,15H,2,7H2,1H3. The molecule has 0 bridgehead atoms. The molecule has 1 atom stereocenters. The van der Waals surface area contributed by atoms with E-state index < -0.39 is 0 Å². The van der Waals surface area contributed by atoms with E-state index in [4.69, 9.17) is 0 Å². The van der Waals surface area contributed by atoms with Crippen molar-refractivity contribution < 1.29 is 4.39 Å². The van der Waals surface area contributed by atoms with Gasteiger partial charge in [0.1, 0.15) is 5.82 Å². The molecule has 0 aliphatic rings. The van der Waals surface area contributed by atoms with Crippen LogP contribution in [0.25, 0.3) is 0 Å². The van der Waals surface area contributed by atoms with E-state index in [1.54, 1.807) is 23.6 Å². The lowest BCUT2D eigenvalue weighted by Gasteiger charge is -2.17. The minimum absolute atomic E-state index is 0.142. The molecular formula is C13H15FN2S. The maximum absolute atomic E-state index is 13.8. The second-order valence-electron chi connectivity index (χ2n) is 3.77. The van der Waals surface area contributed by atoms with Gasteiger partial charge in [-0.05, 0) is 36.5 Å². The van der Waals surface area contributed by atoms with Gasteiger partial charge in [-0.3, -0.25) is 4.98 Å². The number of halogens is 1. The molecule has 90 valence electrons. The Kier molecular flexibility index (Phi) is 4.23. The average Bonchev–Trinajstić information content (AvgIpc) is 2.85. The summed E-state index contributed by atoms with van der Waals surface area (Å²) in [6, 6.07) is 6.91. The number of hydrogen-bond donors (Lipinski definition) is 1. The van der Waals surface area contributed by atoms with Crippen LogP contribution in [0.15, 0.2) is 35.8 Å². The number of nitrogens with one attached hydrogen (secondary N) is 1. The van der Waals surface area contributed by atoms with Crippen molar-refractivity contribution in [3.05, 3.63) is 52.2 Å². The van der Waals surface area contributed by atoms with Crippen molar-refractivity contribution in [3.63, 3.8) is 0 Å². The molecule has 1 N–H and O–H groups in total. The summed E-state index contributed by atoms with van der Waals surface area (Å²) in [7, 11) is 0. The van der Waals surface area contributed by atoms with E-state index in [1.165, 1.54) is 6.07 Å². The fraction of sp³-hybridized carbons (Fsp3) is 0.308. The Balaban J connectivity index is 2.30. The van der Waals surface area contributed by atoms with Gasteiger partial charge in [0.05, 0.1) is 11.7 Å². The molecule has 1 unspecified atom stereocenters. The van der Waals surface area contributed by atoms with Crippen LogP contribution in [0.2, 0.25) is 0 Å². The van der Waals surface area contributed by atoms with Crippen LogP contribution in [0, 0.1) is 5.82 Å². The van der Waals surface area contributed by atoms with E-state index in [9.17, 15) is 4.39 Å². The van der Waals surface area contributed by atoms with Crippen LogP contribution in [0.1, 0.15) is 30.0 Å². The molecule has 2 heterocycles. The Bertz CT molecular complexity index is 456. The predicted octanol–water partition coefficient (Wildman–Crippen LogP) is 3.37. The fourth-order valence-corrected chi connectivity index (χ4v) is 2.49. The van der Waals surface area contributed by atoms with Crippen LogP contribution in [0.3, 0.4) is 0 Å². The fourth-order valence-electron chi connectivity index (χ4n) is 1.69. The van der Waals surface area contributed by atoms with Gasteiger partial charge in [0.15, 0.2) is 0 Å². The second kappa shape index (κ2) is 5.89. The van der Waals surface area contributed by atoms with Gasteiger partial charge in [0.2, 0.25) is 0 Å². The summed E-state index contributed by atoms with van der Waals surface area (Å²) < 4.78 is 13.8. The SMILES string of the molecule is CCCNC(c1cccs1)c1ncccc1F. The van der Waals surface area contributed by atoms with Crippen LogP contribution in [0.4, 0.5) is 4.39 Å². The summed E-state index contributed by atoms with van der Waals surface area (Å²) in [6.07, 6.45) is 2.64. The molecule has 17 heavy (non-hydrogen) atoms. The van der Waals surface area contributed by atoms with Gasteiger partial charge in [-0.1, -0.05) is 13.0 Å². The molecular weight excluding hydrogens is 235 g/mol. The van der Waals surface area contributed by atoms with E-state index in [0.29, 0.717) is 5.69 Å². The van der Waals surface area contributed by atoms with Crippen LogP contribution in [-0.2, 0) is 0 Å². The van der Waals surface area contributed by atoms with Crippen molar-refractivity contribution in [1.82, 2.24) is 10.3 Å². The van der Waals surface area contributed by atoms with E-state index in [-0.39, 0.29) is 11.9 Å². The normalized spacial score (nSPS) is 12.6. The third kappa shape index (κ3) is 2.90. The van der Waals surface area contributed by atoms with E-state index in [0.717, 1.165) is 17.8 Å². The van der Waals surface area contributed by atoms with Gasteiger partial charge in [0, 0.05) is 11.1 Å². The van der Waals surface area contributed by atoms with Crippen molar-refractivity contribution >= 4 is 11.3 Å². The Hall–Kier alpha value is -1.26. The third-order valence-electron chi connectivity index (χ3n) is 2.49. The lowest BCUT2D eigenvalue weighted by atomic mass is 10.1. The largest absolute Gasteiger partial charge is 0.304 e. The topological polar surface area (TPSA) is 24.9 Å². The Morgan fingerprint density at radius 3 is 2.94 bits per heavy atom. The van der Waals surface area contributed by atoms with Crippen LogP contribution in [0.5, 0.6) is 0 Å². The van der Waals surface area contributed by atoms with Gasteiger partial charge < -0.3 is 5.32 Å². The first kappa shape index (κ1) is 12.2. The summed E-state index contributed by atoms with van der Waals surface area (Å²) in [5.41, 5.74) is 0.475. The molecule has 0 aliphatic carbocycles. The number of nitrogens with zero attached hydrogens (tertiary/aromatic N) is 1. The van der Waals surface area contributed by atoms with Gasteiger partial charge in [-0.15, -0.1) is 11.3 Å². The van der Waals surface area contributed by atoms with Crippen molar-refractivity contribution in [2.75, 3.05) is 6.54 Å². The van der Waals surface area contributed by atoms with Gasteiger partial charge in [-0.2, -0.15) is 0 Å². The monoisotopic (exact) mass is 250 g/mol. The molecule has 0 aromatic carbocycles. The third-order valence-corrected chi connectivity index (χ3v) is 3.42. The summed E-state index contributed by atoms with van der Waals surface area (Å²) in [6.45, 7) is 2.94. The number of thiophene rings is 1. The smallest absolute Gasteiger partial charge is 0.146 e. The highest BCUT2D eigenvalue weighted by Gasteiger charge is 2.19. The molecule has 0 fully saturated rings. The molecule has 0 aliphatic heterocycles. The molecule has 0 amide bonds. The molecule has 0 saturated heterocycles. The summed E-state index contributed by atoms with van der Waals surface area (Å²) in [4.78, 5) is 5.25. The van der Waals surface area contributed by atoms with E-state index >= 15 is 0 Å². The van der Waals surface area contributed by atoms with Gasteiger partial charge in [0.25, 0.3) is 0 Å². The Morgan fingerprint density at radius 1 is 1.41 bits per heavy atom. The molecule has 4 heteroatoms. The van der Waals surface area contributed by atoms with Gasteiger partial charge >= 0.3 is 0 Å². The molecule has 2 aromatic heterocycles. The second-order valence-corrected chi connectivity index (χ2v) is 4.75. The summed E-state index contributed by atoms with van der Waals surface area (Å²) >= 11 is 1.62. The highest BCUT2D eigenvalue weighted by atomic mass is 32.1. The molecule has 2 nitrogen and oxygen atoms in total. The van der Waals surface area contributed by atoms with Crippen LogP contribution >= 0.6 is 11.3 Å². The Morgan fingerprint density at radius 2 is 2.29 bits per heavy atom. The lowest BCUT2D eigenvalue weighted by Crippen LogP contribution is -2.24. The first-order valence-corrected chi connectivity index (χ1v) is 6.58. The minimum Gasteiger partial charge on any atom is -0.304 e. The lowest BCUT2D eigenvalue weighted by molar-refractivity contribution is 0.536. The average molecular weight is 250 g/mol. The van der Waals surface area contributed by atoms with Crippen molar-refractivity contribution in [2.24, 2.45) is 0 Å². The molecule has 0 saturated carbocycles. The minimum atomic E-state index is -0.255. The quantitative estimate of drug-likeness (QED) is 0.880. The predicted molar refractivity (Wildman–Crippen MR) is 68.7 cm³/mol. The van der Waals surface area contributed by atoms with E-state index in [1.807, 2.05) is 17.5 Å². The highest BCUT2D eigenvalue weighted by Crippen LogP contribution is 2.26. The first-order valence-electron chi connectivity index (χ1n) is 5.70. The number of aromatic nitrogens is 1. The Labute approximate surface area is 105 Å². The van der Waals surface area contributed by atoms with Crippen LogP contribution in [-0.4, -0.2) is 11.5 Å². The zero-order chi connectivity index (χ0) is 12.1. The number of hydrogen-bond acceptors (Lipinski definition) is 3. The summed E-state index contributed by atoms with van der Waals surface area (Å²) in [5.74, 6) is -0.255. The van der Waals surface area contributed by atoms with Gasteiger partial charge in [-0.25, -0.2) is 4.39 Å². The molecule has 2 aromatic rings. The van der Waals surface area contributed by atoms with Crippen molar-refractivity contribution in [2.45, 2.75) is 19.4 Å². The zero-order valence-corrected chi connectivity index (χ0v) is 10.5. The molecule has 0 spiro atoms. The maximum Gasteiger partial charge on any atom is 0.146 e. The van der Waals surface area contributed by atoms with Crippen LogP contribution < -0.4 is 5.32 Å². The zero-order valence-electron chi connectivity index (χ0n) is 9.69. The maximum atomic E-state index is 13.8. The first-order chi connectivity index (χ1) is 8.33.